The number of nitriles is 1. The number of rotatable bonds is 1. The van der Waals surface area contributed by atoms with E-state index < -0.39 is 11.9 Å². The third kappa shape index (κ3) is 5.02. The predicted molar refractivity (Wildman–Crippen MR) is 33.9 cm³/mol. The molecule has 0 N–H and O–H groups in total. The van der Waals surface area contributed by atoms with Crippen molar-refractivity contribution in [1.29, 1.82) is 5.26 Å². The molecule has 0 saturated heterocycles. The smallest absolute Gasteiger partial charge is 0.864 e. The molecule has 0 rings (SSSR count). The molecule has 0 aliphatic rings. The van der Waals surface area contributed by atoms with Gasteiger partial charge in [-0.05, 0) is 5.76 Å². The van der Waals surface area contributed by atoms with Crippen molar-refractivity contribution in [1.82, 2.24) is 4.90 Å². The van der Waals surface area contributed by atoms with Gasteiger partial charge in [0.1, 0.15) is 0 Å². The normalized spacial score (nSPS) is 9.25. The summed E-state index contributed by atoms with van der Waals surface area (Å²) in [5.41, 5.74) is 0. The van der Waals surface area contributed by atoms with Crippen molar-refractivity contribution in [3.8, 4) is 6.07 Å². The minimum Gasteiger partial charge on any atom is -0.864 e. The molecule has 0 saturated carbocycles. The van der Waals surface area contributed by atoms with Gasteiger partial charge in [-0.25, -0.2) is 4.79 Å². The molecule has 12 heavy (non-hydrogen) atoms. The van der Waals surface area contributed by atoms with Gasteiger partial charge in [0.2, 0.25) is 0 Å². The molecule has 1 amide bonds. The number of allylic oxidation sites excluding steroid dienone is 1. The van der Waals surface area contributed by atoms with Crippen molar-refractivity contribution < 1.29 is 44.2 Å². The van der Waals surface area contributed by atoms with Gasteiger partial charge >= 0.3 is 35.7 Å². The van der Waals surface area contributed by atoms with E-state index in [1.807, 2.05) is 0 Å². The Bertz CT molecular complexity index is 221. The molecule has 0 heterocycles. The first kappa shape index (κ1) is 13.9. The molecule has 0 fully saturated rings. The standard InChI is InChI=1S/C6H8N2O3.Na/c1-8(6(10)11-2)4-5(9)3-7;/h4,9H,1-2H3;/q;+1/p-1. The fraction of sp³-hybridized carbons (Fsp3) is 0.333. The molecular formula is C6H7N2NaO3. The fourth-order valence-electron chi connectivity index (χ4n) is 0.401. The molecule has 0 aliphatic carbocycles. The van der Waals surface area contributed by atoms with E-state index in [-0.39, 0.29) is 29.6 Å². The number of methoxy groups -OCH3 is 1. The third-order valence-corrected chi connectivity index (χ3v) is 0.884. The molecule has 0 aromatic rings. The largest absolute Gasteiger partial charge is 1.00 e. The van der Waals surface area contributed by atoms with E-state index in [1.54, 1.807) is 0 Å². The number of carbonyl (C=O) groups is 1. The summed E-state index contributed by atoms with van der Waals surface area (Å²) in [5.74, 6) is -0.794. The van der Waals surface area contributed by atoms with E-state index in [9.17, 15) is 9.90 Å². The molecule has 0 bridgehead atoms. The van der Waals surface area contributed by atoms with Crippen LogP contribution >= 0.6 is 0 Å². The first-order valence-corrected chi connectivity index (χ1v) is 2.71. The van der Waals surface area contributed by atoms with E-state index in [2.05, 4.69) is 4.74 Å². The van der Waals surface area contributed by atoms with E-state index >= 15 is 0 Å². The Kier molecular flexibility index (Phi) is 8.06. The maximum atomic E-state index is 10.6. The Balaban J connectivity index is 0. The Hall–Kier alpha value is -0.700. The van der Waals surface area contributed by atoms with Crippen molar-refractivity contribution in [3.63, 3.8) is 0 Å². The SMILES string of the molecule is COC(=O)N(C)C=C([O-])C#N.[Na+]. The second-order valence-electron chi connectivity index (χ2n) is 1.69. The third-order valence-electron chi connectivity index (χ3n) is 0.884. The Morgan fingerprint density at radius 1 is 1.75 bits per heavy atom. The fourth-order valence-corrected chi connectivity index (χ4v) is 0.401. The Labute approximate surface area is 92.5 Å². The van der Waals surface area contributed by atoms with Crippen LogP contribution in [0.15, 0.2) is 12.0 Å². The number of carbonyl (C=O) groups excluding carboxylic acids is 1. The summed E-state index contributed by atoms with van der Waals surface area (Å²) in [5, 5.41) is 18.4. The van der Waals surface area contributed by atoms with Gasteiger partial charge in [0, 0.05) is 13.2 Å². The summed E-state index contributed by atoms with van der Waals surface area (Å²) in [6.45, 7) is 0. The van der Waals surface area contributed by atoms with Crippen LogP contribution in [0, 0.1) is 11.3 Å². The molecule has 5 nitrogen and oxygen atoms in total. The maximum Gasteiger partial charge on any atom is 1.00 e. The minimum absolute atomic E-state index is 0. The number of hydrogen-bond donors (Lipinski definition) is 0. The van der Waals surface area contributed by atoms with Crippen LogP contribution in [0.1, 0.15) is 0 Å². The quantitative estimate of drug-likeness (QED) is 0.236. The number of amides is 1. The van der Waals surface area contributed by atoms with Crippen LogP contribution in [0.2, 0.25) is 0 Å². The van der Waals surface area contributed by atoms with Crippen molar-refractivity contribution in [3.05, 3.63) is 12.0 Å². The minimum atomic E-state index is -0.794. The Morgan fingerprint density at radius 2 is 2.25 bits per heavy atom. The van der Waals surface area contributed by atoms with Crippen LogP contribution in [0.3, 0.4) is 0 Å². The topological polar surface area (TPSA) is 76.4 Å². The van der Waals surface area contributed by atoms with E-state index in [1.165, 1.54) is 20.2 Å². The van der Waals surface area contributed by atoms with Crippen LogP contribution in [0.4, 0.5) is 4.79 Å². The zero-order chi connectivity index (χ0) is 8.85. The molecule has 0 aromatic carbocycles. The van der Waals surface area contributed by atoms with Crippen molar-refractivity contribution in [2.24, 2.45) is 0 Å². The van der Waals surface area contributed by atoms with Gasteiger partial charge in [-0.2, -0.15) is 5.26 Å². The molecule has 0 aromatic heterocycles. The van der Waals surface area contributed by atoms with Gasteiger partial charge < -0.3 is 9.84 Å². The van der Waals surface area contributed by atoms with Crippen molar-refractivity contribution >= 4 is 6.09 Å². The summed E-state index contributed by atoms with van der Waals surface area (Å²) in [7, 11) is 2.50. The van der Waals surface area contributed by atoms with Crippen LogP contribution in [-0.2, 0) is 4.74 Å². The number of nitrogens with zero attached hydrogens (tertiary/aromatic N) is 2. The molecule has 0 unspecified atom stereocenters. The average Bonchev–Trinajstić information content (AvgIpc) is 2.02. The number of ether oxygens (including phenoxy) is 1. The summed E-state index contributed by atoms with van der Waals surface area (Å²) in [6, 6.07) is 1.33. The molecule has 0 aliphatic heterocycles. The van der Waals surface area contributed by atoms with Gasteiger partial charge in [0.15, 0.2) is 0 Å². The zero-order valence-corrected chi connectivity index (χ0v) is 9.20. The van der Waals surface area contributed by atoms with Crippen molar-refractivity contribution in [2.75, 3.05) is 14.2 Å². The maximum absolute atomic E-state index is 10.6. The molecule has 60 valence electrons. The Morgan fingerprint density at radius 3 is 2.58 bits per heavy atom. The monoisotopic (exact) mass is 178 g/mol. The zero-order valence-electron chi connectivity index (χ0n) is 7.20. The van der Waals surface area contributed by atoms with Crippen LogP contribution in [0.25, 0.3) is 0 Å². The van der Waals surface area contributed by atoms with Gasteiger partial charge in [0.05, 0.1) is 13.2 Å². The molecule has 0 spiro atoms. The first-order valence-electron chi connectivity index (χ1n) is 2.71. The summed E-state index contributed by atoms with van der Waals surface area (Å²) < 4.78 is 4.25. The van der Waals surface area contributed by atoms with E-state index in [0.717, 1.165) is 11.1 Å². The van der Waals surface area contributed by atoms with Crippen LogP contribution in [-0.4, -0.2) is 25.2 Å². The number of hydrogen-bond acceptors (Lipinski definition) is 4. The van der Waals surface area contributed by atoms with E-state index in [0.29, 0.717) is 0 Å². The van der Waals surface area contributed by atoms with Gasteiger partial charge in [-0.1, -0.05) is 0 Å². The van der Waals surface area contributed by atoms with Crippen LogP contribution in [0.5, 0.6) is 0 Å². The first-order chi connectivity index (χ1) is 5.11. The van der Waals surface area contributed by atoms with Crippen molar-refractivity contribution in [2.45, 2.75) is 0 Å². The molecule has 6 heteroatoms. The molecule has 0 radical (unpaired) electrons. The van der Waals surface area contributed by atoms with Crippen LogP contribution < -0.4 is 34.7 Å². The second kappa shape index (κ2) is 6.98. The van der Waals surface area contributed by atoms with Gasteiger partial charge in [0.25, 0.3) is 0 Å². The van der Waals surface area contributed by atoms with Gasteiger partial charge in [-0.3, -0.25) is 4.90 Å². The molecule has 0 atom stereocenters. The average molecular weight is 178 g/mol. The van der Waals surface area contributed by atoms with Gasteiger partial charge in [-0.15, -0.1) is 0 Å². The predicted octanol–water partition coefficient (Wildman–Crippen LogP) is -3.59. The summed E-state index contributed by atoms with van der Waals surface area (Å²) in [4.78, 5) is 11.5. The summed E-state index contributed by atoms with van der Waals surface area (Å²) >= 11 is 0. The molecular weight excluding hydrogens is 171 g/mol. The summed E-state index contributed by atoms with van der Waals surface area (Å²) in [6.07, 6.45) is 0.167. The second-order valence-corrected chi connectivity index (χ2v) is 1.69. The van der Waals surface area contributed by atoms with E-state index in [4.69, 9.17) is 5.26 Å².